The fraction of sp³-hybridized carbons (Fsp3) is 0.423. The van der Waals surface area contributed by atoms with Crippen LogP contribution in [0.4, 0.5) is 10.6 Å². The van der Waals surface area contributed by atoms with Gasteiger partial charge in [0.25, 0.3) is 11.8 Å². The van der Waals surface area contributed by atoms with Gasteiger partial charge in [-0.1, -0.05) is 75.4 Å². The molecule has 71 heavy (non-hydrogen) atoms. The molecule has 0 bridgehead atoms. The number of thiazole rings is 1. The Hall–Kier alpha value is -6.96. The number of anilines is 1. The van der Waals surface area contributed by atoms with Gasteiger partial charge in [0.2, 0.25) is 17.7 Å². The summed E-state index contributed by atoms with van der Waals surface area (Å²) in [5.74, 6) is -2.03. The van der Waals surface area contributed by atoms with E-state index < -0.39 is 58.7 Å². The highest BCUT2D eigenvalue weighted by Crippen LogP contribution is 2.41. The van der Waals surface area contributed by atoms with E-state index in [1.807, 2.05) is 101 Å². The van der Waals surface area contributed by atoms with Crippen molar-refractivity contribution in [3.8, 4) is 10.4 Å². The molecule has 2 aliphatic rings. The largest absolute Gasteiger partial charge is 0.391 e. The van der Waals surface area contributed by atoms with Crippen LogP contribution in [0.25, 0.3) is 10.4 Å². The van der Waals surface area contributed by atoms with Crippen molar-refractivity contribution < 1.29 is 33.9 Å². The number of rotatable bonds is 16. The number of aromatic amines is 1. The van der Waals surface area contributed by atoms with Crippen molar-refractivity contribution in [1.82, 2.24) is 51.1 Å². The maximum absolute atomic E-state index is 14.2. The van der Waals surface area contributed by atoms with Gasteiger partial charge in [0.1, 0.15) is 12.1 Å². The fourth-order valence-corrected chi connectivity index (χ4v) is 9.86. The molecule has 0 aliphatic carbocycles. The van der Waals surface area contributed by atoms with Gasteiger partial charge in [-0.25, -0.2) is 9.78 Å². The lowest BCUT2D eigenvalue weighted by atomic mass is 9.85. The monoisotopic (exact) mass is 987 g/mol. The van der Waals surface area contributed by atoms with E-state index in [4.69, 9.17) is 0 Å². The van der Waals surface area contributed by atoms with Crippen molar-refractivity contribution in [3.05, 3.63) is 124 Å². The standard InChI is InChI=1S/C52H65N11O7S/c1-30(32-15-17-34(18-16-32)42-31(2)54-29-71-42)55-48(68)40-25-37(64)26-62(40)49(69)44(51(3,4)5)57-41(65)23-24-53-46(66)35-19-21-36(22-20-35)47(67)58-45-38-27-63(52(6,7)43(38)59-60-45)50(70)56-39(28-61(8)9)33-13-11-10-12-14-33/h10-22,29-30,37,39-40,44,64H,23-28H2,1-9H3,(H,53,66)(H,55,68)(H,56,70)(H,57,65)(H2,58,59,60,67)/t30-,37+,39+,40-,44+/m0/s1. The van der Waals surface area contributed by atoms with Gasteiger partial charge in [-0.15, -0.1) is 11.3 Å². The first-order valence-corrected chi connectivity index (χ1v) is 24.6. The maximum atomic E-state index is 14.2. The summed E-state index contributed by atoms with van der Waals surface area (Å²) in [5, 5.41) is 32.7. The molecular weight excluding hydrogens is 923 g/mol. The third kappa shape index (κ3) is 12.0. The summed E-state index contributed by atoms with van der Waals surface area (Å²) in [6.45, 7) is 13.7. The minimum absolute atomic E-state index is 0.0493. The SMILES string of the molecule is Cc1ncsc1-c1ccc([C@H](C)NC(=O)[C@@H]2C[C@@H](O)CN2C(=O)[C@@H](NC(=O)CCNC(=O)c2ccc(C(=O)Nc3n[nH]c4c3CN(C(=O)N[C@H](CN(C)C)c3ccccc3)C4(C)C)cc2)C(C)(C)C)cc1. The highest BCUT2D eigenvalue weighted by molar-refractivity contribution is 7.13. The van der Waals surface area contributed by atoms with Crippen LogP contribution in [0.15, 0.2) is 84.4 Å². The molecule has 0 saturated carbocycles. The van der Waals surface area contributed by atoms with Gasteiger partial charge in [0.05, 0.1) is 52.0 Å². The molecule has 3 aromatic carbocycles. The maximum Gasteiger partial charge on any atom is 0.319 e. The number of aliphatic hydroxyl groups is 1. The number of carbonyl (C=O) groups excluding carboxylic acids is 6. The van der Waals surface area contributed by atoms with Crippen molar-refractivity contribution in [2.75, 3.05) is 39.0 Å². The predicted octanol–water partition coefficient (Wildman–Crippen LogP) is 5.65. The Balaban J connectivity index is 0.895. The third-order valence-corrected chi connectivity index (χ3v) is 14.1. The number of H-pyrrole nitrogens is 1. The number of benzene rings is 3. The molecule has 0 radical (unpaired) electrons. The molecule has 18 nitrogen and oxygen atoms in total. The highest BCUT2D eigenvalue weighted by atomic mass is 32.1. The van der Waals surface area contributed by atoms with E-state index in [2.05, 4.69) is 41.8 Å². The number of likely N-dealkylation sites (N-methyl/N-ethyl adjacent to an activating group) is 1. The molecule has 0 unspecified atom stereocenters. The zero-order chi connectivity index (χ0) is 51.4. The quantitative estimate of drug-likeness (QED) is 0.0642. The molecule has 2 aromatic heterocycles. The van der Waals surface area contributed by atoms with Crippen LogP contribution < -0.4 is 26.6 Å². The molecule has 7 rings (SSSR count). The van der Waals surface area contributed by atoms with Gasteiger partial charge >= 0.3 is 6.03 Å². The summed E-state index contributed by atoms with van der Waals surface area (Å²) >= 11 is 1.56. The lowest BCUT2D eigenvalue weighted by Crippen LogP contribution is -2.58. The molecule has 5 atom stereocenters. The number of hydrogen-bond donors (Lipinski definition) is 7. The number of nitrogens with zero attached hydrogens (tertiary/aromatic N) is 5. The molecule has 19 heteroatoms. The number of aliphatic hydroxyl groups excluding tert-OH is 1. The molecule has 4 heterocycles. The van der Waals surface area contributed by atoms with Crippen molar-refractivity contribution in [3.63, 3.8) is 0 Å². The zero-order valence-electron chi connectivity index (χ0n) is 41.8. The topological polar surface area (TPSA) is 234 Å². The van der Waals surface area contributed by atoms with Gasteiger partial charge < -0.3 is 46.4 Å². The second-order valence-corrected chi connectivity index (χ2v) is 21.0. The number of urea groups is 1. The van der Waals surface area contributed by atoms with Crippen LogP contribution >= 0.6 is 11.3 Å². The number of likely N-dealkylation sites (tertiary alicyclic amines) is 1. The highest BCUT2D eigenvalue weighted by Gasteiger charge is 2.46. The van der Waals surface area contributed by atoms with Gasteiger partial charge in [-0.2, -0.15) is 5.10 Å². The smallest absolute Gasteiger partial charge is 0.319 e. The summed E-state index contributed by atoms with van der Waals surface area (Å²) in [4.78, 5) is 92.1. The molecule has 7 N–H and O–H groups in total. The zero-order valence-corrected chi connectivity index (χ0v) is 42.6. The predicted molar refractivity (Wildman–Crippen MR) is 271 cm³/mol. The summed E-state index contributed by atoms with van der Waals surface area (Å²) in [7, 11) is 3.90. The first-order chi connectivity index (χ1) is 33.6. The van der Waals surface area contributed by atoms with Gasteiger partial charge in [0, 0.05) is 49.2 Å². The third-order valence-electron chi connectivity index (χ3n) is 13.1. The molecular formula is C52H65N11O7S. The second-order valence-electron chi connectivity index (χ2n) is 20.2. The van der Waals surface area contributed by atoms with Crippen LogP contribution in [0, 0.1) is 12.3 Å². The first-order valence-electron chi connectivity index (χ1n) is 23.8. The molecule has 5 aromatic rings. The van der Waals surface area contributed by atoms with Crippen LogP contribution in [0.2, 0.25) is 0 Å². The molecule has 2 aliphatic heterocycles. The van der Waals surface area contributed by atoms with E-state index in [0.717, 1.165) is 27.3 Å². The average molecular weight is 988 g/mol. The number of carbonyl (C=O) groups is 6. The van der Waals surface area contributed by atoms with Crippen molar-refractivity contribution in [2.45, 2.75) is 104 Å². The summed E-state index contributed by atoms with van der Waals surface area (Å²) in [5.41, 5.74) is 6.03. The van der Waals surface area contributed by atoms with Gasteiger partial charge in [0.15, 0.2) is 5.82 Å². The van der Waals surface area contributed by atoms with E-state index >= 15 is 0 Å². The number of aryl methyl sites for hydroxylation is 1. The van der Waals surface area contributed by atoms with E-state index in [-0.39, 0.29) is 61.7 Å². The Morgan fingerprint density at radius 1 is 0.901 bits per heavy atom. The van der Waals surface area contributed by atoms with Gasteiger partial charge in [-0.05, 0) is 88.2 Å². The van der Waals surface area contributed by atoms with Crippen molar-refractivity contribution >= 4 is 52.7 Å². The van der Waals surface area contributed by atoms with Crippen LogP contribution in [-0.2, 0) is 26.5 Å². The van der Waals surface area contributed by atoms with Gasteiger partial charge in [-0.3, -0.25) is 29.1 Å². The van der Waals surface area contributed by atoms with E-state index in [1.165, 1.54) is 29.2 Å². The molecule has 7 amide bonds. The summed E-state index contributed by atoms with van der Waals surface area (Å²) < 4.78 is 0. The lowest BCUT2D eigenvalue weighted by molar-refractivity contribution is -0.144. The van der Waals surface area contributed by atoms with Crippen LogP contribution in [-0.4, -0.2) is 122 Å². The number of nitrogens with one attached hydrogen (secondary N) is 6. The molecule has 0 spiro atoms. The number of amides is 7. The summed E-state index contributed by atoms with van der Waals surface area (Å²) in [6.07, 6.45) is -1.02. The second kappa shape index (κ2) is 21.6. The fourth-order valence-electron chi connectivity index (χ4n) is 9.05. The van der Waals surface area contributed by atoms with E-state index in [0.29, 0.717) is 23.6 Å². The Kier molecular flexibility index (Phi) is 15.8. The van der Waals surface area contributed by atoms with Crippen LogP contribution in [0.5, 0.6) is 0 Å². The Bertz CT molecular complexity index is 2730. The van der Waals surface area contributed by atoms with E-state index in [9.17, 15) is 33.9 Å². The van der Waals surface area contributed by atoms with Crippen LogP contribution in [0.1, 0.15) is 115 Å². The number of β-amino-alcohol motifs (C(OH)–C–C–N with tert-alkyl or cyclic N) is 1. The average Bonchev–Trinajstić information content (AvgIpc) is 4.11. The minimum atomic E-state index is -1.04. The molecule has 1 saturated heterocycles. The Morgan fingerprint density at radius 3 is 2.18 bits per heavy atom. The summed E-state index contributed by atoms with van der Waals surface area (Å²) in [6, 6.07) is 20.8. The minimum Gasteiger partial charge on any atom is -0.391 e. The number of fused-ring (bicyclic) bond motifs is 1. The Labute approximate surface area is 418 Å². The van der Waals surface area contributed by atoms with Crippen LogP contribution in [0.3, 0.4) is 0 Å². The van der Waals surface area contributed by atoms with E-state index in [1.54, 1.807) is 42.5 Å². The number of aromatic nitrogens is 3. The normalized spacial score (nSPS) is 17.5. The first kappa shape index (κ1) is 51.9. The Morgan fingerprint density at radius 2 is 1.56 bits per heavy atom. The molecule has 1 fully saturated rings. The number of hydrogen-bond acceptors (Lipinski definition) is 11. The lowest BCUT2D eigenvalue weighted by Gasteiger charge is -2.35. The van der Waals surface area contributed by atoms with Crippen molar-refractivity contribution in [1.29, 1.82) is 0 Å². The molecule has 376 valence electrons. The van der Waals surface area contributed by atoms with Crippen molar-refractivity contribution in [2.24, 2.45) is 5.41 Å².